The molecule has 0 aliphatic rings. The number of hydrogen-bond donors (Lipinski definition) is 1. The predicted molar refractivity (Wildman–Crippen MR) is 58.8 cm³/mol. The Hall–Kier alpha value is -0.770. The molecule has 0 atom stereocenters. The Morgan fingerprint density at radius 3 is 2.47 bits per heavy atom. The highest BCUT2D eigenvalue weighted by atomic mass is 35.5. The Kier molecular flexibility index (Phi) is 6.32. The predicted octanol–water partition coefficient (Wildman–Crippen LogP) is 1.32. The third-order valence-corrected chi connectivity index (χ3v) is 2.54. The molecule has 0 rings (SSSR count). The van der Waals surface area contributed by atoms with Crippen molar-refractivity contribution in [1.29, 1.82) is 0 Å². The lowest BCUT2D eigenvalue weighted by atomic mass is 9.95. The molecule has 0 fully saturated rings. The van der Waals surface area contributed by atoms with E-state index in [1.165, 1.54) is 0 Å². The molecule has 1 amide bonds. The van der Waals surface area contributed by atoms with Crippen molar-refractivity contribution < 1.29 is 14.3 Å². The molecule has 0 aromatic rings. The number of nitrogens with one attached hydrogen (secondary N) is 1. The minimum absolute atomic E-state index is 0.151. The van der Waals surface area contributed by atoms with E-state index in [1.54, 1.807) is 20.8 Å². The first-order valence-electron chi connectivity index (χ1n) is 4.94. The Labute approximate surface area is 95.3 Å². The van der Waals surface area contributed by atoms with Crippen LogP contribution in [0, 0.1) is 5.41 Å². The van der Waals surface area contributed by atoms with Crippen LogP contribution in [0.25, 0.3) is 0 Å². The van der Waals surface area contributed by atoms with Gasteiger partial charge in [-0.15, -0.1) is 11.6 Å². The standard InChI is InChI=1S/C10H18ClNO3/c1-4-15-8(13)5-6-12-9(14)10(2,3)7-11/h4-7H2,1-3H3,(H,12,14). The fourth-order valence-corrected chi connectivity index (χ4v) is 0.933. The van der Waals surface area contributed by atoms with Crippen LogP contribution in [-0.2, 0) is 14.3 Å². The van der Waals surface area contributed by atoms with Gasteiger partial charge in [-0.3, -0.25) is 9.59 Å². The minimum atomic E-state index is -0.601. The van der Waals surface area contributed by atoms with Gasteiger partial charge in [-0.25, -0.2) is 0 Å². The summed E-state index contributed by atoms with van der Waals surface area (Å²) in [6.45, 7) is 5.89. The van der Waals surface area contributed by atoms with E-state index in [0.29, 0.717) is 6.61 Å². The van der Waals surface area contributed by atoms with Gasteiger partial charge in [0.1, 0.15) is 0 Å². The molecule has 0 aromatic heterocycles. The number of amides is 1. The lowest BCUT2D eigenvalue weighted by Crippen LogP contribution is -2.39. The first-order chi connectivity index (χ1) is 6.94. The number of alkyl halides is 1. The smallest absolute Gasteiger partial charge is 0.307 e. The Bertz CT molecular complexity index is 229. The summed E-state index contributed by atoms with van der Waals surface area (Å²) < 4.78 is 4.72. The first kappa shape index (κ1) is 14.2. The summed E-state index contributed by atoms with van der Waals surface area (Å²) in [5, 5.41) is 2.64. The topological polar surface area (TPSA) is 55.4 Å². The molecular weight excluding hydrogens is 218 g/mol. The van der Waals surface area contributed by atoms with E-state index in [2.05, 4.69) is 5.32 Å². The van der Waals surface area contributed by atoms with Gasteiger partial charge >= 0.3 is 5.97 Å². The van der Waals surface area contributed by atoms with Crippen molar-refractivity contribution in [3.8, 4) is 0 Å². The highest BCUT2D eigenvalue weighted by molar-refractivity contribution is 6.19. The molecule has 5 heteroatoms. The normalized spacial score (nSPS) is 10.9. The number of esters is 1. The molecule has 0 saturated heterocycles. The lowest BCUT2D eigenvalue weighted by molar-refractivity contribution is -0.143. The molecular formula is C10H18ClNO3. The largest absolute Gasteiger partial charge is 0.466 e. The molecule has 1 N–H and O–H groups in total. The number of hydrogen-bond acceptors (Lipinski definition) is 3. The number of carbonyl (C=O) groups is 2. The van der Waals surface area contributed by atoms with Crippen molar-refractivity contribution in [2.24, 2.45) is 5.41 Å². The van der Waals surface area contributed by atoms with Gasteiger partial charge in [-0.1, -0.05) is 0 Å². The van der Waals surface area contributed by atoms with Gasteiger partial charge in [0, 0.05) is 12.4 Å². The van der Waals surface area contributed by atoms with Crippen molar-refractivity contribution >= 4 is 23.5 Å². The summed E-state index contributed by atoms with van der Waals surface area (Å²) in [5.74, 6) is -0.207. The number of halogens is 1. The van der Waals surface area contributed by atoms with Crippen molar-refractivity contribution in [2.75, 3.05) is 19.0 Å². The maximum atomic E-state index is 11.5. The Balaban J connectivity index is 3.78. The lowest BCUT2D eigenvalue weighted by Gasteiger charge is -2.19. The van der Waals surface area contributed by atoms with Gasteiger partial charge in [-0.2, -0.15) is 0 Å². The van der Waals surface area contributed by atoms with Crippen LogP contribution in [0.4, 0.5) is 0 Å². The van der Waals surface area contributed by atoms with Crippen LogP contribution in [0.3, 0.4) is 0 Å². The van der Waals surface area contributed by atoms with Gasteiger partial charge in [-0.05, 0) is 20.8 Å². The molecule has 0 aliphatic heterocycles. The maximum Gasteiger partial charge on any atom is 0.307 e. The molecule has 0 aromatic carbocycles. The molecule has 15 heavy (non-hydrogen) atoms. The second-order valence-corrected chi connectivity index (χ2v) is 4.10. The molecule has 0 heterocycles. The summed E-state index contributed by atoms with van der Waals surface area (Å²) in [7, 11) is 0. The van der Waals surface area contributed by atoms with Gasteiger partial charge < -0.3 is 10.1 Å². The van der Waals surface area contributed by atoms with Crippen LogP contribution < -0.4 is 5.32 Å². The third-order valence-electron chi connectivity index (χ3n) is 1.87. The molecule has 0 spiro atoms. The van der Waals surface area contributed by atoms with Crippen molar-refractivity contribution in [2.45, 2.75) is 27.2 Å². The highest BCUT2D eigenvalue weighted by Gasteiger charge is 2.25. The van der Waals surface area contributed by atoms with Crippen LogP contribution in [-0.4, -0.2) is 30.9 Å². The van der Waals surface area contributed by atoms with Gasteiger partial charge in [0.2, 0.25) is 5.91 Å². The van der Waals surface area contributed by atoms with E-state index in [0.717, 1.165) is 0 Å². The second-order valence-electron chi connectivity index (χ2n) is 3.83. The highest BCUT2D eigenvalue weighted by Crippen LogP contribution is 2.16. The van der Waals surface area contributed by atoms with Crippen LogP contribution >= 0.6 is 11.6 Å². The van der Waals surface area contributed by atoms with Crippen LogP contribution in [0.2, 0.25) is 0 Å². The Morgan fingerprint density at radius 2 is 2.00 bits per heavy atom. The SMILES string of the molecule is CCOC(=O)CCNC(=O)C(C)(C)CCl. The summed E-state index contributed by atoms with van der Waals surface area (Å²) in [4.78, 5) is 22.4. The molecule has 88 valence electrons. The van der Waals surface area contributed by atoms with Crippen LogP contribution in [0.1, 0.15) is 27.2 Å². The van der Waals surface area contributed by atoms with Crippen molar-refractivity contribution in [3.05, 3.63) is 0 Å². The van der Waals surface area contributed by atoms with E-state index in [1.807, 2.05) is 0 Å². The van der Waals surface area contributed by atoms with Crippen molar-refractivity contribution in [1.82, 2.24) is 5.32 Å². The van der Waals surface area contributed by atoms with E-state index in [9.17, 15) is 9.59 Å². The first-order valence-corrected chi connectivity index (χ1v) is 5.47. The fraction of sp³-hybridized carbons (Fsp3) is 0.800. The van der Waals surface area contributed by atoms with Crippen molar-refractivity contribution in [3.63, 3.8) is 0 Å². The summed E-state index contributed by atoms with van der Waals surface area (Å²) in [6.07, 6.45) is 0.192. The zero-order valence-electron chi connectivity index (χ0n) is 9.43. The second kappa shape index (κ2) is 6.67. The monoisotopic (exact) mass is 235 g/mol. The molecule has 0 unspecified atom stereocenters. The molecule has 0 aliphatic carbocycles. The average molecular weight is 236 g/mol. The number of carbonyl (C=O) groups excluding carboxylic acids is 2. The van der Waals surface area contributed by atoms with E-state index in [4.69, 9.17) is 16.3 Å². The Morgan fingerprint density at radius 1 is 1.40 bits per heavy atom. The van der Waals surface area contributed by atoms with Gasteiger partial charge in [0.05, 0.1) is 18.4 Å². The quantitative estimate of drug-likeness (QED) is 0.558. The molecule has 4 nitrogen and oxygen atoms in total. The van der Waals surface area contributed by atoms with Crippen LogP contribution in [0.15, 0.2) is 0 Å². The molecule has 0 bridgehead atoms. The van der Waals surface area contributed by atoms with E-state index >= 15 is 0 Å². The third kappa shape index (κ3) is 5.62. The number of rotatable bonds is 6. The van der Waals surface area contributed by atoms with E-state index < -0.39 is 5.41 Å². The zero-order chi connectivity index (χ0) is 11.9. The molecule has 0 saturated carbocycles. The van der Waals surface area contributed by atoms with Crippen LogP contribution in [0.5, 0.6) is 0 Å². The number of ether oxygens (including phenoxy) is 1. The van der Waals surface area contributed by atoms with E-state index in [-0.39, 0.29) is 30.7 Å². The van der Waals surface area contributed by atoms with Gasteiger partial charge in [0.15, 0.2) is 0 Å². The molecule has 0 radical (unpaired) electrons. The summed E-state index contributed by atoms with van der Waals surface area (Å²) in [5.41, 5.74) is -0.601. The maximum absolute atomic E-state index is 11.5. The minimum Gasteiger partial charge on any atom is -0.466 e. The zero-order valence-corrected chi connectivity index (χ0v) is 10.2. The fourth-order valence-electron chi connectivity index (χ4n) is 0.811. The summed E-state index contributed by atoms with van der Waals surface area (Å²) >= 11 is 5.63. The van der Waals surface area contributed by atoms with Gasteiger partial charge in [0.25, 0.3) is 0 Å². The average Bonchev–Trinajstić information content (AvgIpc) is 2.18. The summed E-state index contributed by atoms with van der Waals surface area (Å²) in [6, 6.07) is 0.